The SMILES string of the molecule is O=S(=O)(CC(F)(F)F)Nc1cc[c]cc1. The van der Waals surface area contributed by atoms with E-state index in [9.17, 15) is 21.6 Å². The Morgan fingerprint density at radius 1 is 1.27 bits per heavy atom. The van der Waals surface area contributed by atoms with Crippen molar-refractivity contribution in [3.8, 4) is 0 Å². The lowest BCUT2D eigenvalue weighted by Gasteiger charge is -2.09. The van der Waals surface area contributed by atoms with E-state index in [1.54, 1.807) is 0 Å². The van der Waals surface area contributed by atoms with Crippen LogP contribution in [0.4, 0.5) is 18.9 Å². The average molecular weight is 238 g/mol. The van der Waals surface area contributed by atoms with Gasteiger partial charge < -0.3 is 0 Å². The Bertz CT molecular complexity index is 413. The molecule has 0 spiro atoms. The number of anilines is 1. The first-order valence-corrected chi connectivity index (χ1v) is 5.47. The van der Waals surface area contributed by atoms with Gasteiger partial charge in [-0.25, -0.2) is 8.42 Å². The van der Waals surface area contributed by atoms with E-state index in [0.717, 1.165) is 0 Å². The van der Waals surface area contributed by atoms with Crippen molar-refractivity contribution in [2.24, 2.45) is 0 Å². The van der Waals surface area contributed by atoms with Crippen molar-refractivity contribution in [2.75, 3.05) is 10.5 Å². The molecule has 1 radical (unpaired) electrons. The second kappa shape index (κ2) is 4.09. The highest BCUT2D eigenvalue weighted by Crippen LogP contribution is 2.18. The summed E-state index contributed by atoms with van der Waals surface area (Å²) in [6.45, 7) is 0. The van der Waals surface area contributed by atoms with Gasteiger partial charge in [-0.1, -0.05) is 12.1 Å². The van der Waals surface area contributed by atoms with E-state index >= 15 is 0 Å². The van der Waals surface area contributed by atoms with Crippen LogP contribution in [-0.4, -0.2) is 20.3 Å². The first-order chi connectivity index (χ1) is 6.79. The number of benzene rings is 1. The quantitative estimate of drug-likeness (QED) is 0.872. The van der Waals surface area contributed by atoms with Crippen molar-refractivity contribution in [1.82, 2.24) is 0 Å². The molecule has 3 nitrogen and oxygen atoms in total. The second-order valence-electron chi connectivity index (χ2n) is 2.77. The van der Waals surface area contributed by atoms with Crippen molar-refractivity contribution in [3.05, 3.63) is 30.3 Å². The predicted molar refractivity (Wildman–Crippen MR) is 48.7 cm³/mol. The van der Waals surface area contributed by atoms with E-state index in [1.807, 2.05) is 4.72 Å². The Balaban J connectivity index is 2.74. The molecule has 0 saturated carbocycles. The van der Waals surface area contributed by atoms with Crippen LogP contribution >= 0.6 is 0 Å². The molecule has 0 fully saturated rings. The van der Waals surface area contributed by atoms with Gasteiger partial charge in [0, 0.05) is 5.69 Å². The largest absolute Gasteiger partial charge is 0.404 e. The van der Waals surface area contributed by atoms with Crippen LogP contribution in [0.1, 0.15) is 0 Å². The number of rotatable bonds is 3. The molecule has 1 N–H and O–H groups in total. The summed E-state index contributed by atoms with van der Waals surface area (Å²) >= 11 is 0. The molecule has 0 saturated heterocycles. The maximum atomic E-state index is 11.8. The molecule has 1 aromatic carbocycles. The number of sulfonamides is 1. The molecule has 0 aliphatic rings. The maximum absolute atomic E-state index is 11.8. The van der Waals surface area contributed by atoms with Crippen molar-refractivity contribution in [3.63, 3.8) is 0 Å². The lowest BCUT2D eigenvalue weighted by Crippen LogP contribution is -2.27. The predicted octanol–water partition coefficient (Wildman–Crippen LogP) is 1.79. The molecule has 0 aromatic heterocycles. The fourth-order valence-electron chi connectivity index (χ4n) is 0.886. The summed E-state index contributed by atoms with van der Waals surface area (Å²) in [6.07, 6.45) is -4.74. The number of nitrogens with one attached hydrogen (secondary N) is 1. The van der Waals surface area contributed by atoms with Crippen LogP contribution < -0.4 is 4.72 Å². The minimum atomic E-state index is -4.74. The van der Waals surface area contributed by atoms with Gasteiger partial charge in [-0.05, 0) is 18.2 Å². The van der Waals surface area contributed by atoms with Gasteiger partial charge in [0.2, 0.25) is 10.0 Å². The first-order valence-electron chi connectivity index (χ1n) is 3.82. The van der Waals surface area contributed by atoms with E-state index in [-0.39, 0.29) is 5.69 Å². The Labute approximate surface area is 85.0 Å². The van der Waals surface area contributed by atoms with Crippen LogP contribution in [0.5, 0.6) is 0 Å². The summed E-state index contributed by atoms with van der Waals surface area (Å²) in [6, 6.07) is 8.03. The van der Waals surface area contributed by atoms with Gasteiger partial charge in [-0.15, -0.1) is 0 Å². The summed E-state index contributed by atoms with van der Waals surface area (Å²) in [5.41, 5.74) is 0.0815. The highest BCUT2D eigenvalue weighted by atomic mass is 32.2. The zero-order chi connectivity index (χ0) is 11.5. The van der Waals surface area contributed by atoms with Crippen LogP contribution in [0, 0.1) is 6.07 Å². The smallest absolute Gasteiger partial charge is 0.283 e. The fourth-order valence-corrected chi connectivity index (χ4v) is 1.88. The number of hydrogen-bond donors (Lipinski definition) is 1. The number of alkyl halides is 3. The molecular formula is C8H7F3NO2S. The lowest BCUT2D eigenvalue weighted by atomic mass is 10.3. The van der Waals surface area contributed by atoms with Crippen LogP contribution in [0.15, 0.2) is 24.3 Å². The van der Waals surface area contributed by atoms with Crippen LogP contribution in [0.2, 0.25) is 0 Å². The fraction of sp³-hybridized carbons (Fsp3) is 0.250. The molecule has 0 atom stereocenters. The normalized spacial score (nSPS) is 12.5. The third-order valence-electron chi connectivity index (χ3n) is 1.35. The van der Waals surface area contributed by atoms with E-state index in [0.29, 0.717) is 0 Å². The summed E-state index contributed by atoms with van der Waals surface area (Å²) in [7, 11) is -4.38. The minimum absolute atomic E-state index is 0.0815. The molecule has 0 unspecified atom stereocenters. The maximum Gasteiger partial charge on any atom is 0.404 e. The third-order valence-corrected chi connectivity index (χ3v) is 2.60. The van der Waals surface area contributed by atoms with Gasteiger partial charge in [0.15, 0.2) is 5.75 Å². The zero-order valence-corrected chi connectivity index (χ0v) is 8.19. The van der Waals surface area contributed by atoms with E-state index in [2.05, 4.69) is 6.07 Å². The van der Waals surface area contributed by atoms with Crippen molar-refractivity contribution >= 4 is 15.7 Å². The highest BCUT2D eigenvalue weighted by molar-refractivity contribution is 7.92. The molecule has 0 aliphatic heterocycles. The van der Waals surface area contributed by atoms with Crippen LogP contribution in [0.25, 0.3) is 0 Å². The van der Waals surface area contributed by atoms with Crippen molar-refractivity contribution in [1.29, 1.82) is 0 Å². The first kappa shape index (κ1) is 11.8. The molecule has 1 rings (SSSR count). The Morgan fingerprint density at radius 3 is 2.27 bits per heavy atom. The molecule has 0 bridgehead atoms. The Morgan fingerprint density at radius 2 is 1.80 bits per heavy atom. The summed E-state index contributed by atoms with van der Waals surface area (Å²) < 4.78 is 59.2. The number of hydrogen-bond acceptors (Lipinski definition) is 2. The van der Waals surface area contributed by atoms with Gasteiger partial charge in [0.05, 0.1) is 0 Å². The van der Waals surface area contributed by atoms with Crippen molar-refractivity contribution < 1.29 is 21.6 Å². The highest BCUT2D eigenvalue weighted by Gasteiger charge is 2.35. The summed E-state index contributed by atoms with van der Waals surface area (Å²) in [5, 5.41) is 0. The molecule has 83 valence electrons. The molecule has 0 amide bonds. The average Bonchev–Trinajstić information content (AvgIpc) is 1.99. The Hall–Kier alpha value is -1.24. The van der Waals surface area contributed by atoms with E-state index in [1.165, 1.54) is 24.3 Å². The molecule has 0 aliphatic carbocycles. The summed E-state index contributed by atoms with van der Waals surface area (Å²) in [4.78, 5) is 0. The zero-order valence-electron chi connectivity index (χ0n) is 7.38. The van der Waals surface area contributed by atoms with Gasteiger partial charge in [0.25, 0.3) is 0 Å². The standard InChI is InChI=1S/C8H7F3NO2S/c9-8(10,11)6-15(13,14)12-7-4-2-1-3-5-7/h2-5,12H,6H2. The monoisotopic (exact) mass is 238 g/mol. The van der Waals surface area contributed by atoms with E-state index in [4.69, 9.17) is 0 Å². The van der Waals surface area contributed by atoms with E-state index < -0.39 is 22.0 Å². The minimum Gasteiger partial charge on any atom is -0.283 e. The van der Waals surface area contributed by atoms with Gasteiger partial charge in [-0.2, -0.15) is 13.2 Å². The molecule has 7 heteroatoms. The Kier molecular flexibility index (Phi) is 3.23. The van der Waals surface area contributed by atoms with Gasteiger partial charge in [0.1, 0.15) is 0 Å². The molecule has 1 aromatic rings. The molecule has 15 heavy (non-hydrogen) atoms. The number of halogens is 3. The van der Waals surface area contributed by atoms with Crippen LogP contribution in [-0.2, 0) is 10.0 Å². The van der Waals surface area contributed by atoms with Gasteiger partial charge >= 0.3 is 6.18 Å². The van der Waals surface area contributed by atoms with Crippen LogP contribution in [0.3, 0.4) is 0 Å². The van der Waals surface area contributed by atoms with Gasteiger partial charge in [-0.3, -0.25) is 4.72 Å². The topological polar surface area (TPSA) is 46.2 Å². The third kappa shape index (κ3) is 4.68. The summed E-state index contributed by atoms with van der Waals surface area (Å²) in [5.74, 6) is -1.89. The molecular weight excluding hydrogens is 231 g/mol. The second-order valence-corrected chi connectivity index (χ2v) is 4.49. The molecule has 0 heterocycles. The van der Waals surface area contributed by atoms with Crippen molar-refractivity contribution in [2.45, 2.75) is 6.18 Å². The lowest BCUT2D eigenvalue weighted by molar-refractivity contribution is -0.106.